The smallest absolute Gasteiger partial charge is 0.349 e. The third-order valence-corrected chi connectivity index (χ3v) is 8.72. The lowest BCUT2D eigenvalue weighted by atomic mass is 9.83. The molecular formula is C31H27Cl5N2O6. The van der Waals surface area contributed by atoms with Crippen LogP contribution in [0.4, 0.5) is 0 Å². The first-order valence-corrected chi connectivity index (χ1v) is 15.3. The van der Waals surface area contributed by atoms with Crippen LogP contribution in [-0.2, 0) is 4.79 Å². The Hall–Kier alpha value is -3.19. The molecule has 0 bridgehead atoms. The zero-order valence-corrected chi connectivity index (χ0v) is 27.6. The van der Waals surface area contributed by atoms with Crippen LogP contribution in [0.5, 0.6) is 28.7 Å². The summed E-state index contributed by atoms with van der Waals surface area (Å²) in [7, 11) is 0. The number of fused-ring (bicyclic) bond motifs is 1. The number of allylic oxidation sites excluding steroid dienone is 1. The Labute approximate surface area is 280 Å². The largest absolute Gasteiger partial charge is 0.490 e. The average molecular weight is 701 g/mol. The molecule has 0 amide bonds. The standard InChI is InChI=1S/C31H27Cl5N2O6/c1-4-40-22-11-16(5-8-20(22)41-10-9-15(2)3)24-18-7-6-17(12-21(18)44-31(38)19(24)13-37)43-23(39)14-42-30-28(35)26(33)25(32)27(34)29(30)36/h5-8,11-12,15,24H,4,9-10,14,38H2,1-3H3. The molecule has 1 unspecified atom stereocenters. The predicted molar refractivity (Wildman–Crippen MR) is 171 cm³/mol. The minimum atomic E-state index is -0.790. The second-order valence-electron chi connectivity index (χ2n) is 9.96. The second kappa shape index (κ2) is 14.7. The summed E-state index contributed by atoms with van der Waals surface area (Å²) >= 11 is 30.4. The van der Waals surface area contributed by atoms with Gasteiger partial charge in [-0.25, -0.2) is 4.79 Å². The average Bonchev–Trinajstić information content (AvgIpc) is 2.99. The highest BCUT2D eigenvalue weighted by Gasteiger charge is 2.32. The van der Waals surface area contributed by atoms with E-state index < -0.39 is 18.5 Å². The molecule has 0 fully saturated rings. The number of halogens is 5. The molecule has 44 heavy (non-hydrogen) atoms. The van der Waals surface area contributed by atoms with E-state index in [9.17, 15) is 10.1 Å². The molecule has 2 N–H and O–H groups in total. The molecule has 0 radical (unpaired) electrons. The third-order valence-electron chi connectivity index (χ3n) is 6.48. The van der Waals surface area contributed by atoms with Crippen molar-refractivity contribution in [2.45, 2.75) is 33.1 Å². The highest BCUT2D eigenvalue weighted by atomic mass is 35.5. The third kappa shape index (κ3) is 7.36. The Morgan fingerprint density at radius 1 is 0.955 bits per heavy atom. The zero-order chi connectivity index (χ0) is 32.1. The molecule has 3 aromatic rings. The van der Waals surface area contributed by atoms with Crippen LogP contribution >= 0.6 is 58.0 Å². The summed E-state index contributed by atoms with van der Waals surface area (Å²) < 4.78 is 28.5. The van der Waals surface area contributed by atoms with E-state index in [2.05, 4.69) is 19.9 Å². The number of carbonyl (C=O) groups excluding carboxylic acids is 1. The Balaban J connectivity index is 1.57. The van der Waals surface area contributed by atoms with Gasteiger partial charge in [0.05, 0.1) is 34.2 Å². The van der Waals surface area contributed by atoms with E-state index in [1.165, 1.54) is 6.07 Å². The molecular weight excluding hydrogens is 674 g/mol. The number of nitriles is 1. The van der Waals surface area contributed by atoms with Crippen molar-refractivity contribution in [2.75, 3.05) is 19.8 Å². The van der Waals surface area contributed by atoms with E-state index in [-0.39, 0.29) is 48.1 Å². The van der Waals surface area contributed by atoms with Gasteiger partial charge in [0.15, 0.2) is 23.9 Å². The van der Waals surface area contributed by atoms with Crippen molar-refractivity contribution in [3.8, 4) is 34.8 Å². The molecule has 1 aliphatic rings. The minimum Gasteiger partial charge on any atom is -0.490 e. The summed E-state index contributed by atoms with van der Waals surface area (Å²) in [5.74, 6) is 0.518. The molecule has 0 aromatic heterocycles. The van der Waals surface area contributed by atoms with E-state index in [1.807, 2.05) is 25.1 Å². The van der Waals surface area contributed by atoms with Gasteiger partial charge in [-0.2, -0.15) is 5.26 Å². The number of hydrogen-bond donors (Lipinski definition) is 1. The van der Waals surface area contributed by atoms with Crippen molar-refractivity contribution < 1.29 is 28.5 Å². The van der Waals surface area contributed by atoms with E-state index >= 15 is 0 Å². The maximum Gasteiger partial charge on any atom is 0.349 e. The van der Waals surface area contributed by atoms with Gasteiger partial charge in [0, 0.05) is 11.6 Å². The topological polar surface area (TPSA) is 113 Å². The van der Waals surface area contributed by atoms with Crippen molar-refractivity contribution in [2.24, 2.45) is 11.7 Å². The quantitative estimate of drug-likeness (QED) is 0.0913. The highest BCUT2D eigenvalue weighted by molar-refractivity contribution is 6.55. The van der Waals surface area contributed by atoms with Crippen molar-refractivity contribution in [1.82, 2.24) is 0 Å². The lowest BCUT2D eigenvalue weighted by Crippen LogP contribution is -2.22. The fourth-order valence-electron chi connectivity index (χ4n) is 4.34. The first kappa shape index (κ1) is 33.7. The maximum atomic E-state index is 12.6. The number of nitrogens with zero attached hydrogens (tertiary/aromatic N) is 1. The van der Waals surface area contributed by atoms with Crippen LogP contribution in [0.15, 0.2) is 47.9 Å². The molecule has 0 aliphatic carbocycles. The molecule has 1 aliphatic heterocycles. The monoisotopic (exact) mass is 698 g/mol. The van der Waals surface area contributed by atoms with Gasteiger partial charge in [-0.05, 0) is 43.0 Å². The van der Waals surface area contributed by atoms with Gasteiger partial charge >= 0.3 is 5.97 Å². The first-order chi connectivity index (χ1) is 21.0. The highest BCUT2D eigenvalue weighted by Crippen LogP contribution is 2.48. The summed E-state index contributed by atoms with van der Waals surface area (Å²) in [6.45, 7) is 6.51. The van der Waals surface area contributed by atoms with Gasteiger partial charge < -0.3 is 29.4 Å². The Kier molecular flexibility index (Phi) is 11.3. The summed E-state index contributed by atoms with van der Waals surface area (Å²) in [5, 5.41) is 9.58. The molecule has 0 saturated carbocycles. The van der Waals surface area contributed by atoms with Crippen molar-refractivity contribution in [3.63, 3.8) is 0 Å². The lowest BCUT2D eigenvalue weighted by molar-refractivity contribution is -0.136. The molecule has 4 rings (SSSR count). The zero-order valence-electron chi connectivity index (χ0n) is 23.8. The van der Waals surface area contributed by atoms with E-state index in [0.29, 0.717) is 41.9 Å². The van der Waals surface area contributed by atoms with E-state index in [1.54, 1.807) is 12.1 Å². The van der Waals surface area contributed by atoms with Crippen LogP contribution in [-0.4, -0.2) is 25.8 Å². The van der Waals surface area contributed by atoms with Gasteiger partial charge in [-0.15, -0.1) is 0 Å². The second-order valence-corrected chi connectivity index (χ2v) is 11.8. The molecule has 3 aromatic carbocycles. The maximum absolute atomic E-state index is 12.6. The van der Waals surface area contributed by atoms with Crippen LogP contribution in [0.25, 0.3) is 0 Å². The molecule has 0 saturated heterocycles. The van der Waals surface area contributed by atoms with Gasteiger partial charge in [0.2, 0.25) is 5.88 Å². The van der Waals surface area contributed by atoms with Gasteiger partial charge in [0.25, 0.3) is 0 Å². The number of rotatable bonds is 11. The lowest BCUT2D eigenvalue weighted by Gasteiger charge is -2.27. The van der Waals surface area contributed by atoms with Crippen LogP contribution in [0.3, 0.4) is 0 Å². The number of ether oxygens (including phenoxy) is 5. The summed E-state index contributed by atoms with van der Waals surface area (Å²) in [6.07, 6.45) is 0.892. The normalized spacial score (nSPS) is 14.0. The number of carbonyl (C=O) groups is 1. The van der Waals surface area contributed by atoms with Crippen LogP contribution in [0.1, 0.15) is 44.2 Å². The molecule has 8 nitrogen and oxygen atoms in total. The van der Waals surface area contributed by atoms with Gasteiger partial charge in [0.1, 0.15) is 33.2 Å². The predicted octanol–water partition coefficient (Wildman–Crippen LogP) is 8.98. The molecule has 1 atom stereocenters. The Morgan fingerprint density at radius 3 is 2.27 bits per heavy atom. The van der Waals surface area contributed by atoms with Gasteiger partial charge in [-0.1, -0.05) is 84.0 Å². The molecule has 0 spiro atoms. The number of esters is 1. The molecule has 1 heterocycles. The summed E-state index contributed by atoms with van der Waals surface area (Å²) in [4.78, 5) is 12.6. The number of nitrogens with two attached hydrogens (primary N) is 1. The van der Waals surface area contributed by atoms with Crippen molar-refractivity contribution >= 4 is 64.0 Å². The van der Waals surface area contributed by atoms with E-state index in [4.69, 9.17) is 87.4 Å². The van der Waals surface area contributed by atoms with Crippen LogP contribution in [0.2, 0.25) is 25.1 Å². The first-order valence-electron chi connectivity index (χ1n) is 13.4. The van der Waals surface area contributed by atoms with Crippen molar-refractivity contribution in [1.29, 1.82) is 5.26 Å². The SMILES string of the molecule is CCOc1cc(C2C(C#N)=C(N)Oc3cc(OC(=O)COc4c(Cl)c(Cl)c(Cl)c(Cl)c4Cl)ccc32)ccc1OCCC(C)C. The Morgan fingerprint density at radius 2 is 1.64 bits per heavy atom. The number of hydrogen-bond acceptors (Lipinski definition) is 8. The Bertz CT molecular complexity index is 1620. The van der Waals surface area contributed by atoms with Gasteiger partial charge in [-0.3, -0.25) is 0 Å². The number of benzene rings is 3. The molecule has 232 valence electrons. The fourth-order valence-corrected chi connectivity index (χ4v) is 5.57. The molecule has 13 heteroatoms. The van der Waals surface area contributed by atoms with Crippen molar-refractivity contribution in [3.05, 3.63) is 84.1 Å². The summed E-state index contributed by atoms with van der Waals surface area (Å²) in [6, 6.07) is 12.4. The fraction of sp³-hybridized carbons (Fsp3) is 0.290. The minimum absolute atomic E-state index is 0.0430. The van der Waals surface area contributed by atoms with Crippen LogP contribution < -0.4 is 29.4 Å². The van der Waals surface area contributed by atoms with Crippen LogP contribution in [0, 0.1) is 17.2 Å². The van der Waals surface area contributed by atoms with E-state index in [0.717, 1.165) is 12.0 Å². The summed E-state index contributed by atoms with van der Waals surface area (Å²) in [5.41, 5.74) is 7.77.